The lowest BCUT2D eigenvalue weighted by Gasteiger charge is -2.07. The van der Waals surface area contributed by atoms with Crippen molar-refractivity contribution in [3.8, 4) is 23.0 Å². The van der Waals surface area contributed by atoms with Crippen molar-refractivity contribution in [2.45, 2.75) is 6.92 Å². The monoisotopic (exact) mass is 406 g/mol. The van der Waals surface area contributed by atoms with Crippen LogP contribution in [-0.2, 0) is 4.79 Å². The molecular formula is C23H18O7. The fourth-order valence-electron chi connectivity index (χ4n) is 2.46. The van der Waals surface area contributed by atoms with Gasteiger partial charge in [-0.15, -0.1) is 0 Å². The molecule has 7 heteroatoms. The van der Waals surface area contributed by atoms with Gasteiger partial charge in [0.05, 0.1) is 18.2 Å². The molecule has 0 aromatic heterocycles. The van der Waals surface area contributed by atoms with Gasteiger partial charge in [-0.1, -0.05) is 0 Å². The third-order valence-corrected chi connectivity index (χ3v) is 3.92. The molecule has 0 unspecified atom stereocenters. The standard InChI is InChI=1S/C23H18O7/c1-15(24)28-19-11-13-21(14-12-19)30-23(26)17-5-9-20(10-6-17)29-22(25)16-3-7-18(27-2)8-4-16/h3-14H,1-2H3. The van der Waals surface area contributed by atoms with E-state index in [2.05, 4.69) is 0 Å². The number of hydrogen-bond donors (Lipinski definition) is 0. The molecule has 0 aliphatic carbocycles. The fraction of sp³-hybridized carbons (Fsp3) is 0.0870. The van der Waals surface area contributed by atoms with Crippen LogP contribution in [0.5, 0.6) is 23.0 Å². The molecule has 0 amide bonds. The van der Waals surface area contributed by atoms with Crippen LogP contribution < -0.4 is 18.9 Å². The zero-order valence-corrected chi connectivity index (χ0v) is 16.3. The predicted molar refractivity (Wildman–Crippen MR) is 107 cm³/mol. The van der Waals surface area contributed by atoms with Gasteiger partial charge in [0.1, 0.15) is 23.0 Å². The van der Waals surface area contributed by atoms with Gasteiger partial charge in [-0.2, -0.15) is 0 Å². The third kappa shape index (κ3) is 5.45. The molecule has 0 saturated carbocycles. The summed E-state index contributed by atoms with van der Waals surface area (Å²) < 4.78 is 20.5. The molecule has 152 valence electrons. The van der Waals surface area contributed by atoms with Gasteiger partial charge in [-0.3, -0.25) is 4.79 Å². The first-order chi connectivity index (χ1) is 14.4. The number of benzene rings is 3. The second kappa shape index (κ2) is 9.38. The van der Waals surface area contributed by atoms with Gasteiger partial charge in [-0.25, -0.2) is 9.59 Å². The average Bonchev–Trinajstić information content (AvgIpc) is 2.75. The van der Waals surface area contributed by atoms with E-state index >= 15 is 0 Å². The average molecular weight is 406 g/mol. The van der Waals surface area contributed by atoms with Crippen LogP contribution >= 0.6 is 0 Å². The SMILES string of the molecule is COc1ccc(C(=O)Oc2ccc(C(=O)Oc3ccc(OC(C)=O)cc3)cc2)cc1. The van der Waals surface area contributed by atoms with Crippen molar-refractivity contribution < 1.29 is 33.3 Å². The van der Waals surface area contributed by atoms with Gasteiger partial charge < -0.3 is 18.9 Å². The van der Waals surface area contributed by atoms with Gasteiger partial charge >= 0.3 is 17.9 Å². The van der Waals surface area contributed by atoms with Crippen LogP contribution in [0.1, 0.15) is 27.6 Å². The summed E-state index contributed by atoms with van der Waals surface area (Å²) in [7, 11) is 1.54. The number of ether oxygens (including phenoxy) is 4. The number of methoxy groups -OCH3 is 1. The normalized spacial score (nSPS) is 10.1. The minimum Gasteiger partial charge on any atom is -0.497 e. The molecule has 0 aliphatic rings. The molecule has 0 heterocycles. The Kier molecular flexibility index (Phi) is 6.44. The van der Waals surface area contributed by atoms with E-state index in [1.54, 1.807) is 24.3 Å². The summed E-state index contributed by atoms with van der Waals surface area (Å²) >= 11 is 0. The van der Waals surface area contributed by atoms with Crippen LogP contribution in [0.4, 0.5) is 0 Å². The molecule has 0 bridgehead atoms. The van der Waals surface area contributed by atoms with E-state index in [1.165, 1.54) is 62.6 Å². The van der Waals surface area contributed by atoms with Crippen LogP contribution in [0, 0.1) is 0 Å². The zero-order chi connectivity index (χ0) is 21.5. The number of rotatable bonds is 6. The molecular weight excluding hydrogens is 388 g/mol. The van der Waals surface area contributed by atoms with Crippen molar-refractivity contribution >= 4 is 17.9 Å². The van der Waals surface area contributed by atoms with Crippen LogP contribution in [-0.4, -0.2) is 25.0 Å². The lowest BCUT2D eigenvalue weighted by atomic mass is 10.2. The maximum absolute atomic E-state index is 12.3. The van der Waals surface area contributed by atoms with Gasteiger partial charge in [0.25, 0.3) is 0 Å². The smallest absolute Gasteiger partial charge is 0.343 e. The van der Waals surface area contributed by atoms with E-state index in [9.17, 15) is 14.4 Å². The van der Waals surface area contributed by atoms with E-state index in [0.29, 0.717) is 22.8 Å². The van der Waals surface area contributed by atoms with Gasteiger partial charge in [0.15, 0.2) is 0 Å². The Bertz CT molecular complexity index is 1040. The lowest BCUT2D eigenvalue weighted by Crippen LogP contribution is -2.10. The summed E-state index contributed by atoms with van der Waals surface area (Å²) in [5.74, 6) is 0.0291. The highest BCUT2D eigenvalue weighted by Gasteiger charge is 2.12. The molecule has 7 nitrogen and oxygen atoms in total. The van der Waals surface area contributed by atoms with Crippen molar-refractivity contribution in [3.05, 3.63) is 83.9 Å². The first-order valence-corrected chi connectivity index (χ1v) is 8.91. The molecule has 0 saturated heterocycles. The largest absolute Gasteiger partial charge is 0.497 e. The summed E-state index contributed by atoms with van der Waals surface area (Å²) in [6.07, 6.45) is 0. The fourth-order valence-corrected chi connectivity index (χ4v) is 2.46. The molecule has 0 N–H and O–H groups in total. The summed E-state index contributed by atoms with van der Waals surface area (Å²) in [6, 6.07) is 18.6. The maximum Gasteiger partial charge on any atom is 0.343 e. The van der Waals surface area contributed by atoms with Crippen LogP contribution in [0.2, 0.25) is 0 Å². The number of hydrogen-bond acceptors (Lipinski definition) is 7. The summed E-state index contributed by atoms with van der Waals surface area (Å²) in [6.45, 7) is 1.30. The molecule has 0 atom stereocenters. The van der Waals surface area contributed by atoms with Crippen molar-refractivity contribution in [1.29, 1.82) is 0 Å². The molecule has 3 aromatic carbocycles. The number of esters is 3. The highest BCUT2D eigenvalue weighted by Crippen LogP contribution is 2.20. The molecule has 0 spiro atoms. The summed E-state index contributed by atoms with van der Waals surface area (Å²) in [5.41, 5.74) is 0.653. The van der Waals surface area contributed by atoms with E-state index in [-0.39, 0.29) is 11.3 Å². The Morgan fingerprint density at radius 3 is 1.23 bits per heavy atom. The summed E-state index contributed by atoms with van der Waals surface area (Å²) in [5, 5.41) is 0. The van der Waals surface area contributed by atoms with Crippen LogP contribution in [0.15, 0.2) is 72.8 Å². The first kappa shape index (κ1) is 20.6. The first-order valence-electron chi connectivity index (χ1n) is 8.91. The zero-order valence-electron chi connectivity index (χ0n) is 16.3. The van der Waals surface area contributed by atoms with E-state index < -0.39 is 17.9 Å². The minimum atomic E-state index is -0.580. The van der Waals surface area contributed by atoms with E-state index in [0.717, 1.165) is 0 Å². The quantitative estimate of drug-likeness (QED) is 0.451. The second-order valence-electron chi connectivity index (χ2n) is 6.10. The molecule has 3 rings (SSSR count). The minimum absolute atomic E-state index is 0.281. The van der Waals surface area contributed by atoms with Crippen molar-refractivity contribution in [2.24, 2.45) is 0 Å². The van der Waals surface area contributed by atoms with E-state index in [4.69, 9.17) is 18.9 Å². The lowest BCUT2D eigenvalue weighted by molar-refractivity contribution is -0.131. The van der Waals surface area contributed by atoms with Crippen LogP contribution in [0.3, 0.4) is 0 Å². The molecule has 0 aliphatic heterocycles. The van der Waals surface area contributed by atoms with Crippen molar-refractivity contribution in [3.63, 3.8) is 0 Å². The number of carbonyl (C=O) groups is 3. The second-order valence-corrected chi connectivity index (χ2v) is 6.10. The predicted octanol–water partition coefficient (Wildman–Crippen LogP) is 4.06. The van der Waals surface area contributed by atoms with Gasteiger partial charge in [-0.05, 0) is 72.8 Å². The topological polar surface area (TPSA) is 88.1 Å². The Labute approximate surface area is 172 Å². The Balaban J connectivity index is 1.59. The molecule has 0 radical (unpaired) electrons. The third-order valence-electron chi connectivity index (χ3n) is 3.92. The Morgan fingerprint density at radius 1 is 0.533 bits per heavy atom. The van der Waals surface area contributed by atoms with Gasteiger partial charge in [0, 0.05) is 6.92 Å². The molecule has 3 aromatic rings. The Hall–Kier alpha value is -4.13. The Morgan fingerprint density at radius 2 is 0.867 bits per heavy atom. The highest BCUT2D eigenvalue weighted by molar-refractivity contribution is 5.92. The van der Waals surface area contributed by atoms with E-state index in [1.807, 2.05) is 0 Å². The molecule has 0 fully saturated rings. The van der Waals surface area contributed by atoms with Crippen molar-refractivity contribution in [1.82, 2.24) is 0 Å². The number of carbonyl (C=O) groups excluding carboxylic acids is 3. The van der Waals surface area contributed by atoms with Crippen molar-refractivity contribution in [2.75, 3.05) is 7.11 Å². The highest BCUT2D eigenvalue weighted by atomic mass is 16.5. The molecule has 30 heavy (non-hydrogen) atoms. The maximum atomic E-state index is 12.3. The van der Waals surface area contributed by atoms with Gasteiger partial charge in [0.2, 0.25) is 0 Å². The van der Waals surface area contributed by atoms with Crippen LogP contribution in [0.25, 0.3) is 0 Å². The summed E-state index contributed by atoms with van der Waals surface area (Å²) in [4.78, 5) is 35.4.